The zero-order valence-corrected chi connectivity index (χ0v) is 12.0. The van der Waals surface area contributed by atoms with Crippen LogP contribution in [0.2, 0.25) is 0 Å². The predicted octanol–water partition coefficient (Wildman–Crippen LogP) is 5.40. The van der Waals surface area contributed by atoms with Crippen LogP contribution in [0, 0.1) is 0 Å². The Bertz CT molecular complexity index is 744. The van der Waals surface area contributed by atoms with E-state index in [4.69, 9.17) is 11.6 Å². The molecule has 0 aromatic heterocycles. The number of rotatable bonds is 3. The highest BCUT2D eigenvalue weighted by Gasteiger charge is 2.03. The van der Waals surface area contributed by atoms with Gasteiger partial charge in [-0.15, -0.1) is 0 Å². The van der Waals surface area contributed by atoms with E-state index in [9.17, 15) is 4.79 Å². The van der Waals surface area contributed by atoms with Crippen LogP contribution in [0.4, 0.5) is 0 Å². The summed E-state index contributed by atoms with van der Waals surface area (Å²) in [7, 11) is 0. The van der Waals surface area contributed by atoms with E-state index < -0.39 is 5.24 Å². The van der Waals surface area contributed by atoms with Crippen molar-refractivity contribution in [1.82, 2.24) is 0 Å². The fourth-order valence-corrected chi connectivity index (χ4v) is 2.41. The maximum absolute atomic E-state index is 11.1. The molecule has 2 heteroatoms. The lowest BCUT2D eigenvalue weighted by Gasteiger charge is -2.05. The Hall–Kier alpha value is -2.38. The van der Waals surface area contributed by atoms with Gasteiger partial charge in [0.15, 0.2) is 0 Å². The minimum atomic E-state index is -0.430. The number of benzene rings is 3. The first-order valence-electron chi connectivity index (χ1n) is 6.70. The van der Waals surface area contributed by atoms with Gasteiger partial charge >= 0.3 is 0 Å². The molecule has 0 atom stereocenters. The molecular weight excluding hydrogens is 280 g/mol. The third-order valence-electron chi connectivity index (χ3n) is 3.44. The van der Waals surface area contributed by atoms with Crippen molar-refractivity contribution in [3.8, 4) is 22.3 Å². The van der Waals surface area contributed by atoms with Crippen molar-refractivity contribution in [3.05, 3.63) is 84.4 Å². The summed E-state index contributed by atoms with van der Waals surface area (Å²) in [5, 5.41) is -0.430. The van der Waals surface area contributed by atoms with Crippen LogP contribution < -0.4 is 0 Å². The summed E-state index contributed by atoms with van der Waals surface area (Å²) in [4.78, 5) is 11.1. The summed E-state index contributed by atoms with van der Waals surface area (Å²) in [6, 6.07) is 25.9. The Morgan fingerprint density at radius 1 is 0.571 bits per heavy atom. The van der Waals surface area contributed by atoms with Crippen LogP contribution in [-0.4, -0.2) is 5.24 Å². The van der Waals surface area contributed by atoms with Crippen LogP contribution in [0.1, 0.15) is 10.4 Å². The minimum absolute atomic E-state index is 0.430. The van der Waals surface area contributed by atoms with Crippen LogP contribution in [0.5, 0.6) is 0 Å². The Labute approximate surface area is 128 Å². The molecule has 0 saturated carbocycles. The second-order valence-electron chi connectivity index (χ2n) is 4.79. The number of halogens is 1. The second-order valence-corrected chi connectivity index (χ2v) is 5.14. The van der Waals surface area contributed by atoms with E-state index in [1.165, 1.54) is 11.1 Å². The highest BCUT2D eigenvalue weighted by Crippen LogP contribution is 2.25. The van der Waals surface area contributed by atoms with E-state index in [0.717, 1.165) is 11.1 Å². The number of hydrogen-bond donors (Lipinski definition) is 0. The van der Waals surface area contributed by atoms with Crippen molar-refractivity contribution in [1.29, 1.82) is 0 Å². The Morgan fingerprint density at radius 3 is 1.38 bits per heavy atom. The summed E-state index contributed by atoms with van der Waals surface area (Å²) in [5.74, 6) is 0. The minimum Gasteiger partial charge on any atom is -0.276 e. The van der Waals surface area contributed by atoms with E-state index >= 15 is 0 Å². The molecule has 3 aromatic carbocycles. The molecule has 102 valence electrons. The van der Waals surface area contributed by atoms with Gasteiger partial charge in [-0.2, -0.15) is 0 Å². The Morgan fingerprint density at radius 2 is 0.952 bits per heavy atom. The number of hydrogen-bond acceptors (Lipinski definition) is 1. The van der Waals surface area contributed by atoms with Crippen LogP contribution in [0.15, 0.2) is 78.9 Å². The maximum atomic E-state index is 11.1. The molecule has 1 nitrogen and oxygen atoms in total. The first-order valence-corrected chi connectivity index (χ1v) is 7.07. The predicted molar refractivity (Wildman–Crippen MR) is 87.5 cm³/mol. The van der Waals surface area contributed by atoms with E-state index in [1.54, 1.807) is 12.1 Å². The van der Waals surface area contributed by atoms with E-state index in [2.05, 4.69) is 36.4 Å². The number of carbonyl (C=O) groups excluding carboxylic acids is 1. The topological polar surface area (TPSA) is 17.1 Å². The summed E-state index contributed by atoms with van der Waals surface area (Å²) in [6.45, 7) is 0. The molecule has 0 saturated heterocycles. The van der Waals surface area contributed by atoms with Crippen molar-refractivity contribution in [3.63, 3.8) is 0 Å². The fourth-order valence-electron chi connectivity index (χ4n) is 2.28. The van der Waals surface area contributed by atoms with Gasteiger partial charge in [-0.3, -0.25) is 4.79 Å². The average molecular weight is 293 g/mol. The van der Waals surface area contributed by atoms with Crippen molar-refractivity contribution in [2.45, 2.75) is 0 Å². The zero-order chi connectivity index (χ0) is 14.7. The van der Waals surface area contributed by atoms with Gasteiger partial charge in [-0.1, -0.05) is 66.7 Å². The molecule has 0 aliphatic rings. The Kier molecular flexibility index (Phi) is 3.85. The normalized spacial score (nSPS) is 10.3. The van der Waals surface area contributed by atoms with Crippen molar-refractivity contribution >= 4 is 16.8 Å². The monoisotopic (exact) mass is 292 g/mol. The molecule has 0 aliphatic carbocycles. The fraction of sp³-hybridized carbons (Fsp3) is 0. The molecule has 0 amide bonds. The van der Waals surface area contributed by atoms with E-state index in [-0.39, 0.29) is 0 Å². The molecular formula is C19H13ClO. The van der Waals surface area contributed by atoms with Gasteiger partial charge in [-0.05, 0) is 46.0 Å². The summed E-state index contributed by atoms with van der Waals surface area (Å²) < 4.78 is 0. The lowest BCUT2D eigenvalue weighted by molar-refractivity contribution is 0.108. The molecule has 0 radical (unpaired) electrons. The van der Waals surface area contributed by atoms with Gasteiger partial charge in [0.25, 0.3) is 5.24 Å². The third-order valence-corrected chi connectivity index (χ3v) is 3.66. The highest BCUT2D eigenvalue weighted by atomic mass is 35.5. The van der Waals surface area contributed by atoms with Gasteiger partial charge in [0.05, 0.1) is 0 Å². The van der Waals surface area contributed by atoms with Gasteiger partial charge in [0.2, 0.25) is 0 Å². The molecule has 21 heavy (non-hydrogen) atoms. The standard InChI is InChI=1S/C19H13ClO/c20-19(21)18-12-10-17(11-13-18)16-8-6-15(7-9-16)14-4-2-1-3-5-14/h1-13H. The van der Waals surface area contributed by atoms with Gasteiger partial charge in [-0.25, -0.2) is 0 Å². The number of carbonyl (C=O) groups is 1. The van der Waals surface area contributed by atoms with Gasteiger partial charge in [0, 0.05) is 5.56 Å². The molecule has 0 fully saturated rings. The highest BCUT2D eigenvalue weighted by molar-refractivity contribution is 6.67. The molecule has 0 unspecified atom stereocenters. The van der Waals surface area contributed by atoms with Crippen molar-refractivity contribution in [2.75, 3.05) is 0 Å². The average Bonchev–Trinajstić information content (AvgIpc) is 2.56. The van der Waals surface area contributed by atoms with Crippen LogP contribution in [0.3, 0.4) is 0 Å². The summed E-state index contributed by atoms with van der Waals surface area (Å²) in [5.41, 5.74) is 5.08. The molecule has 3 aromatic rings. The summed E-state index contributed by atoms with van der Waals surface area (Å²) >= 11 is 5.45. The first kappa shape index (κ1) is 13.6. The molecule has 0 N–H and O–H groups in total. The Balaban J connectivity index is 1.89. The summed E-state index contributed by atoms with van der Waals surface area (Å²) in [6.07, 6.45) is 0. The molecule has 0 aliphatic heterocycles. The van der Waals surface area contributed by atoms with E-state index in [0.29, 0.717) is 5.56 Å². The smallest absolute Gasteiger partial charge is 0.252 e. The molecule has 3 rings (SSSR count). The molecule has 0 heterocycles. The quantitative estimate of drug-likeness (QED) is 0.591. The lowest BCUT2D eigenvalue weighted by Crippen LogP contribution is -1.87. The SMILES string of the molecule is O=C(Cl)c1ccc(-c2ccc(-c3ccccc3)cc2)cc1. The van der Waals surface area contributed by atoms with Crippen LogP contribution in [-0.2, 0) is 0 Å². The van der Waals surface area contributed by atoms with Crippen LogP contribution in [0.25, 0.3) is 22.3 Å². The first-order chi connectivity index (χ1) is 10.2. The molecule has 0 bridgehead atoms. The van der Waals surface area contributed by atoms with Crippen molar-refractivity contribution < 1.29 is 4.79 Å². The van der Waals surface area contributed by atoms with Gasteiger partial charge in [0.1, 0.15) is 0 Å². The van der Waals surface area contributed by atoms with E-state index in [1.807, 2.05) is 30.3 Å². The second kappa shape index (κ2) is 5.94. The molecule has 0 spiro atoms. The largest absolute Gasteiger partial charge is 0.276 e. The zero-order valence-electron chi connectivity index (χ0n) is 11.3. The van der Waals surface area contributed by atoms with Crippen molar-refractivity contribution in [2.24, 2.45) is 0 Å². The van der Waals surface area contributed by atoms with Crippen LogP contribution >= 0.6 is 11.6 Å². The third kappa shape index (κ3) is 3.04. The maximum Gasteiger partial charge on any atom is 0.252 e. The lowest BCUT2D eigenvalue weighted by atomic mass is 10.00. The van der Waals surface area contributed by atoms with Gasteiger partial charge < -0.3 is 0 Å².